The van der Waals surface area contributed by atoms with Crippen molar-refractivity contribution in [1.29, 1.82) is 0 Å². The SMILES string of the molecule is Cc1nn(Cc2ccccc2Cl)c2sc(C(=O)Nc3c(C)n(C)n(-c4ccccc4)c3=O)cc12. The lowest BCUT2D eigenvalue weighted by molar-refractivity contribution is 0.103. The summed E-state index contributed by atoms with van der Waals surface area (Å²) in [7, 11) is 1.80. The minimum absolute atomic E-state index is 0.267. The van der Waals surface area contributed by atoms with Crippen LogP contribution in [0.25, 0.3) is 15.9 Å². The van der Waals surface area contributed by atoms with Gasteiger partial charge in [0.2, 0.25) is 0 Å². The lowest BCUT2D eigenvalue weighted by Gasteiger charge is -2.07. The lowest BCUT2D eigenvalue weighted by atomic mass is 10.2. The molecule has 5 rings (SSSR count). The maximum Gasteiger partial charge on any atom is 0.295 e. The molecule has 172 valence electrons. The van der Waals surface area contributed by atoms with Gasteiger partial charge in [0.1, 0.15) is 10.5 Å². The number of benzene rings is 2. The Kier molecular flexibility index (Phi) is 5.63. The molecule has 3 heterocycles. The van der Waals surface area contributed by atoms with E-state index >= 15 is 0 Å². The third-order valence-corrected chi connectivity index (χ3v) is 7.42. The summed E-state index contributed by atoms with van der Waals surface area (Å²) in [5, 5.41) is 9.05. The molecule has 0 saturated carbocycles. The Hall–Kier alpha value is -3.62. The highest BCUT2D eigenvalue weighted by molar-refractivity contribution is 7.20. The molecule has 2 aromatic carbocycles. The van der Waals surface area contributed by atoms with Gasteiger partial charge in [0.25, 0.3) is 11.5 Å². The maximum atomic E-state index is 13.2. The fourth-order valence-electron chi connectivity index (χ4n) is 4.01. The molecule has 0 radical (unpaired) electrons. The second-order valence-corrected chi connectivity index (χ2v) is 9.49. The molecule has 0 atom stereocenters. The van der Waals surface area contributed by atoms with Crippen molar-refractivity contribution in [3.63, 3.8) is 0 Å². The molecule has 0 unspecified atom stereocenters. The van der Waals surface area contributed by atoms with Gasteiger partial charge in [-0.05, 0) is 43.7 Å². The molecule has 9 heteroatoms. The van der Waals surface area contributed by atoms with Crippen LogP contribution in [0.1, 0.15) is 26.6 Å². The van der Waals surface area contributed by atoms with E-state index in [0.29, 0.717) is 22.1 Å². The van der Waals surface area contributed by atoms with Crippen LogP contribution >= 0.6 is 22.9 Å². The van der Waals surface area contributed by atoms with Gasteiger partial charge in [0.15, 0.2) is 0 Å². The highest BCUT2D eigenvalue weighted by atomic mass is 35.5. The number of para-hydroxylation sites is 1. The Balaban J connectivity index is 1.47. The average Bonchev–Trinajstić information content (AvgIpc) is 3.45. The Bertz CT molecular complexity index is 1590. The maximum absolute atomic E-state index is 13.2. The summed E-state index contributed by atoms with van der Waals surface area (Å²) in [5.74, 6) is -0.323. The van der Waals surface area contributed by atoms with Crippen LogP contribution < -0.4 is 10.9 Å². The Morgan fingerprint density at radius 3 is 2.53 bits per heavy atom. The summed E-state index contributed by atoms with van der Waals surface area (Å²) in [6, 6.07) is 18.8. The normalized spacial score (nSPS) is 11.3. The molecule has 0 aliphatic rings. The number of aromatic nitrogens is 4. The fraction of sp³-hybridized carbons (Fsp3) is 0.160. The van der Waals surface area contributed by atoms with E-state index in [1.54, 1.807) is 16.4 Å². The van der Waals surface area contributed by atoms with Crippen molar-refractivity contribution in [2.24, 2.45) is 7.05 Å². The molecule has 7 nitrogen and oxygen atoms in total. The monoisotopic (exact) mass is 491 g/mol. The summed E-state index contributed by atoms with van der Waals surface area (Å²) in [5.41, 5.74) is 3.18. The van der Waals surface area contributed by atoms with E-state index in [-0.39, 0.29) is 17.2 Å². The topological polar surface area (TPSA) is 73.8 Å². The standard InChI is InChI=1S/C25H22ClN5O2S/c1-15-19-13-21(34-25(19)30(28-15)14-17-9-7-8-12-20(17)26)23(32)27-22-16(2)29(3)31(24(22)33)18-10-5-4-6-11-18/h4-13H,14H2,1-3H3,(H,27,32). The van der Waals surface area contributed by atoms with Gasteiger partial charge in [-0.25, -0.2) is 4.68 Å². The second kappa shape index (κ2) is 8.62. The van der Waals surface area contributed by atoms with E-state index in [1.165, 1.54) is 11.3 Å². The van der Waals surface area contributed by atoms with Gasteiger partial charge < -0.3 is 5.32 Å². The zero-order valence-corrected chi connectivity index (χ0v) is 20.4. The first kappa shape index (κ1) is 22.2. The minimum atomic E-state index is -0.323. The number of hydrogen-bond acceptors (Lipinski definition) is 4. The molecule has 34 heavy (non-hydrogen) atoms. The van der Waals surface area contributed by atoms with E-state index in [0.717, 1.165) is 27.2 Å². The van der Waals surface area contributed by atoms with Crippen molar-refractivity contribution in [2.45, 2.75) is 20.4 Å². The number of thiophene rings is 1. The van der Waals surface area contributed by atoms with Gasteiger partial charge in [-0.1, -0.05) is 48.0 Å². The van der Waals surface area contributed by atoms with E-state index < -0.39 is 0 Å². The number of rotatable bonds is 5. The van der Waals surface area contributed by atoms with Gasteiger partial charge in [-0.3, -0.25) is 19.0 Å². The van der Waals surface area contributed by atoms with Crippen LogP contribution in [0.15, 0.2) is 65.5 Å². The number of nitrogens with zero attached hydrogens (tertiary/aromatic N) is 4. The van der Waals surface area contributed by atoms with Crippen molar-refractivity contribution in [3.05, 3.63) is 97.9 Å². The molecule has 0 fully saturated rings. The number of amides is 1. The minimum Gasteiger partial charge on any atom is -0.315 e. The van der Waals surface area contributed by atoms with Gasteiger partial charge in [0.05, 0.1) is 28.5 Å². The van der Waals surface area contributed by atoms with Crippen molar-refractivity contribution in [1.82, 2.24) is 19.1 Å². The van der Waals surface area contributed by atoms with E-state index in [9.17, 15) is 9.59 Å². The zero-order chi connectivity index (χ0) is 24.0. The predicted octanol–water partition coefficient (Wildman–Crippen LogP) is 5.16. The van der Waals surface area contributed by atoms with Crippen molar-refractivity contribution in [2.75, 3.05) is 5.32 Å². The molecule has 0 saturated heterocycles. The van der Waals surface area contributed by atoms with Crippen LogP contribution in [0, 0.1) is 13.8 Å². The van der Waals surface area contributed by atoms with Crippen molar-refractivity contribution < 1.29 is 4.79 Å². The molecule has 0 aliphatic heterocycles. The highest BCUT2D eigenvalue weighted by Crippen LogP contribution is 2.30. The lowest BCUT2D eigenvalue weighted by Crippen LogP contribution is -2.22. The summed E-state index contributed by atoms with van der Waals surface area (Å²) in [6.45, 7) is 4.23. The summed E-state index contributed by atoms with van der Waals surface area (Å²) in [6.07, 6.45) is 0. The Morgan fingerprint density at radius 2 is 1.79 bits per heavy atom. The molecular formula is C25H22ClN5O2S. The van der Waals surface area contributed by atoms with Crippen LogP contribution in [-0.4, -0.2) is 25.1 Å². The summed E-state index contributed by atoms with van der Waals surface area (Å²) in [4.78, 5) is 27.7. The van der Waals surface area contributed by atoms with Crippen LogP contribution in [0.4, 0.5) is 5.69 Å². The average molecular weight is 492 g/mol. The zero-order valence-electron chi connectivity index (χ0n) is 18.9. The Morgan fingerprint density at radius 1 is 1.09 bits per heavy atom. The van der Waals surface area contributed by atoms with E-state index in [1.807, 2.05) is 79.2 Å². The molecular weight excluding hydrogens is 470 g/mol. The summed E-state index contributed by atoms with van der Waals surface area (Å²) >= 11 is 7.68. The summed E-state index contributed by atoms with van der Waals surface area (Å²) < 4.78 is 5.15. The molecule has 0 aliphatic carbocycles. The van der Waals surface area contributed by atoms with Gasteiger partial charge in [0, 0.05) is 17.5 Å². The molecule has 1 N–H and O–H groups in total. The molecule has 0 spiro atoms. The molecule has 0 bridgehead atoms. The number of nitrogens with one attached hydrogen (secondary N) is 1. The number of fused-ring (bicyclic) bond motifs is 1. The quantitative estimate of drug-likeness (QED) is 0.369. The highest BCUT2D eigenvalue weighted by Gasteiger charge is 2.21. The van der Waals surface area contributed by atoms with Gasteiger partial charge in [-0.15, -0.1) is 11.3 Å². The third kappa shape index (κ3) is 3.74. The molecule has 5 aromatic rings. The Labute approximate surface area is 204 Å². The van der Waals surface area contributed by atoms with E-state index in [4.69, 9.17) is 11.6 Å². The first-order chi connectivity index (χ1) is 16.3. The van der Waals surface area contributed by atoms with E-state index in [2.05, 4.69) is 10.4 Å². The van der Waals surface area contributed by atoms with Crippen molar-refractivity contribution in [3.8, 4) is 5.69 Å². The number of halogens is 1. The van der Waals surface area contributed by atoms with Crippen molar-refractivity contribution >= 4 is 44.7 Å². The largest absolute Gasteiger partial charge is 0.315 e. The smallest absolute Gasteiger partial charge is 0.295 e. The van der Waals surface area contributed by atoms with Gasteiger partial charge in [-0.2, -0.15) is 5.10 Å². The fourth-order valence-corrected chi connectivity index (χ4v) is 5.26. The first-order valence-corrected chi connectivity index (χ1v) is 11.9. The van der Waals surface area contributed by atoms with Crippen LogP contribution in [-0.2, 0) is 13.6 Å². The predicted molar refractivity (Wildman–Crippen MR) is 137 cm³/mol. The van der Waals surface area contributed by atoms with Crippen LogP contribution in [0.5, 0.6) is 0 Å². The number of anilines is 1. The number of hydrogen-bond donors (Lipinski definition) is 1. The third-order valence-electron chi connectivity index (χ3n) is 5.90. The first-order valence-electron chi connectivity index (χ1n) is 10.7. The second-order valence-electron chi connectivity index (χ2n) is 8.05. The van der Waals surface area contributed by atoms with Crippen LogP contribution in [0.2, 0.25) is 5.02 Å². The number of aryl methyl sites for hydroxylation is 1. The number of carbonyl (C=O) groups is 1. The molecule has 3 aromatic heterocycles. The van der Waals surface area contributed by atoms with Gasteiger partial charge >= 0.3 is 0 Å². The molecule has 1 amide bonds. The number of carbonyl (C=O) groups excluding carboxylic acids is 1. The van der Waals surface area contributed by atoms with Crippen LogP contribution in [0.3, 0.4) is 0 Å².